The van der Waals surface area contributed by atoms with Gasteiger partial charge in [0.15, 0.2) is 0 Å². The van der Waals surface area contributed by atoms with Crippen LogP contribution in [-0.4, -0.2) is 42.8 Å². The molecule has 0 unspecified atom stereocenters. The molecule has 1 saturated heterocycles. The third-order valence-corrected chi connectivity index (χ3v) is 8.46. The number of hydrogen-bond donors (Lipinski definition) is 2. The zero-order valence-corrected chi connectivity index (χ0v) is 17.1. The standard InChI is InChI=1S/C21H26N2O5S/c1-13-8-10-23(11-9-13)29(27,28)17-6-4-16(5-7-17)22-20(24)18-14-2-3-15(12-14)19(18)21(25)26/h2-7,13-15,18-19H,8-12H2,1H3,(H,22,24)(H,25,26)/t14-,15-,18+,19-/m0/s1. The highest BCUT2D eigenvalue weighted by Gasteiger charge is 2.51. The van der Waals surface area contributed by atoms with Crippen molar-refractivity contribution in [3.63, 3.8) is 0 Å². The maximum Gasteiger partial charge on any atom is 0.307 e. The molecule has 4 atom stereocenters. The molecule has 1 heterocycles. The molecule has 1 saturated carbocycles. The van der Waals surface area contributed by atoms with Crippen molar-refractivity contribution >= 4 is 27.6 Å². The van der Waals surface area contributed by atoms with E-state index in [2.05, 4.69) is 12.2 Å². The Morgan fingerprint density at radius 1 is 1.03 bits per heavy atom. The molecule has 2 bridgehead atoms. The summed E-state index contributed by atoms with van der Waals surface area (Å²) < 4.78 is 27.1. The van der Waals surface area contributed by atoms with Crippen molar-refractivity contribution in [1.82, 2.24) is 4.31 Å². The molecule has 3 aliphatic rings. The minimum atomic E-state index is -3.54. The number of carboxylic acid groups (broad SMARTS) is 1. The Hall–Kier alpha value is -2.19. The van der Waals surface area contributed by atoms with Gasteiger partial charge in [0.1, 0.15) is 0 Å². The average molecular weight is 419 g/mol. The van der Waals surface area contributed by atoms with Gasteiger partial charge < -0.3 is 10.4 Å². The van der Waals surface area contributed by atoms with Crippen LogP contribution in [0.5, 0.6) is 0 Å². The van der Waals surface area contributed by atoms with Gasteiger partial charge in [0.2, 0.25) is 15.9 Å². The Bertz CT molecular complexity index is 932. The fourth-order valence-electron chi connectivity index (χ4n) is 4.83. The van der Waals surface area contributed by atoms with Crippen LogP contribution in [0.25, 0.3) is 0 Å². The zero-order chi connectivity index (χ0) is 20.8. The third-order valence-electron chi connectivity index (χ3n) is 6.55. The molecule has 1 aromatic rings. The van der Waals surface area contributed by atoms with Gasteiger partial charge in [0.25, 0.3) is 0 Å². The highest BCUT2D eigenvalue weighted by molar-refractivity contribution is 7.89. The summed E-state index contributed by atoms with van der Waals surface area (Å²) in [5, 5.41) is 12.3. The Kier molecular flexibility index (Phi) is 5.25. The van der Waals surface area contributed by atoms with E-state index in [0.717, 1.165) is 12.8 Å². The molecular weight excluding hydrogens is 392 g/mol. The first-order valence-corrected chi connectivity index (χ1v) is 11.5. The van der Waals surface area contributed by atoms with Crippen LogP contribution in [0.2, 0.25) is 0 Å². The van der Waals surface area contributed by atoms with Crippen LogP contribution in [0, 0.1) is 29.6 Å². The fourth-order valence-corrected chi connectivity index (χ4v) is 6.30. The monoisotopic (exact) mass is 418 g/mol. The zero-order valence-electron chi connectivity index (χ0n) is 16.3. The SMILES string of the molecule is CC1CCN(S(=O)(=O)c2ccc(NC(=O)[C@H]3[C@@H](C(=O)O)[C@H]4C=C[C@H]3C4)cc2)CC1. The number of piperidine rings is 1. The maximum atomic E-state index is 12.8. The van der Waals surface area contributed by atoms with Gasteiger partial charge in [-0.15, -0.1) is 0 Å². The minimum absolute atomic E-state index is 0.0535. The average Bonchev–Trinajstić information content (AvgIpc) is 3.30. The van der Waals surface area contributed by atoms with Crippen LogP contribution in [0.15, 0.2) is 41.3 Å². The number of aliphatic carboxylic acids is 1. The van der Waals surface area contributed by atoms with E-state index in [4.69, 9.17) is 0 Å². The number of nitrogens with one attached hydrogen (secondary N) is 1. The van der Waals surface area contributed by atoms with Gasteiger partial charge in [-0.25, -0.2) is 8.42 Å². The van der Waals surface area contributed by atoms with Crippen LogP contribution in [0.3, 0.4) is 0 Å². The molecule has 29 heavy (non-hydrogen) atoms. The molecule has 156 valence electrons. The molecular formula is C21H26N2O5S. The number of anilines is 1. The molecule has 4 rings (SSSR count). The summed E-state index contributed by atoms with van der Waals surface area (Å²) in [5.41, 5.74) is 0.470. The number of sulfonamides is 1. The van der Waals surface area contributed by atoms with E-state index in [9.17, 15) is 23.1 Å². The summed E-state index contributed by atoms with van der Waals surface area (Å²) in [5.74, 6) is -2.17. The smallest absolute Gasteiger partial charge is 0.307 e. The Morgan fingerprint density at radius 2 is 1.62 bits per heavy atom. The largest absolute Gasteiger partial charge is 0.481 e. The first-order chi connectivity index (χ1) is 13.8. The molecule has 7 nitrogen and oxygen atoms in total. The number of rotatable bonds is 5. The number of amides is 1. The van der Waals surface area contributed by atoms with E-state index in [1.165, 1.54) is 16.4 Å². The van der Waals surface area contributed by atoms with Crippen LogP contribution < -0.4 is 5.32 Å². The molecule has 1 aromatic carbocycles. The molecule has 0 aromatic heterocycles. The number of hydrogen-bond acceptors (Lipinski definition) is 4. The van der Waals surface area contributed by atoms with Crippen molar-refractivity contribution in [3.8, 4) is 0 Å². The summed E-state index contributed by atoms with van der Waals surface area (Å²) in [6.07, 6.45) is 6.24. The van der Waals surface area contributed by atoms with Crippen LogP contribution >= 0.6 is 0 Å². The van der Waals surface area contributed by atoms with E-state index >= 15 is 0 Å². The van der Waals surface area contributed by atoms with E-state index in [-0.39, 0.29) is 22.6 Å². The van der Waals surface area contributed by atoms with Crippen molar-refractivity contribution in [2.24, 2.45) is 29.6 Å². The predicted octanol–water partition coefficient (Wildman–Crippen LogP) is 2.57. The minimum Gasteiger partial charge on any atom is -0.481 e. The van der Waals surface area contributed by atoms with Crippen LogP contribution in [0.1, 0.15) is 26.2 Å². The number of carbonyl (C=O) groups is 2. The first kappa shape index (κ1) is 20.1. The molecule has 2 N–H and O–H groups in total. The Balaban J connectivity index is 1.45. The van der Waals surface area contributed by atoms with Gasteiger partial charge in [-0.05, 0) is 61.3 Å². The molecule has 1 aliphatic heterocycles. The van der Waals surface area contributed by atoms with Crippen molar-refractivity contribution in [1.29, 1.82) is 0 Å². The van der Waals surface area contributed by atoms with Gasteiger partial charge in [0.05, 0.1) is 16.7 Å². The number of carbonyl (C=O) groups excluding carboxylic acids is 1. The predicted molar refractivity (Wildman–Crippen MR) is 108 cm³/mol. The summed E-state index contributed by atoms with van der Waals surface area (Å²) in [6, 6.07) is 6.13. The summed E-state index contributed by atoms with van der Waals surface area (Å²) in [7, 11) is -3.54. The number of carboxylic acids is 1. The van der Waals surface area contributed by atoms with Gasteiger partial charge in [-0.3, -0.25) is 9.59 Å². The molecule has 2 fully saturated rings. The first-order valence-electron chi connectivity index (χ1n) is 10.1. The van der Waals surface area contributed by atoms with E-state index in [1.807, 2.05) is 12.2 Å². The van der Waals surface area contributed by atoms with Crippen molar-refractivity contribution in [2.75, 3.05) is 18.4 Å². The van der Waals surface area contributed by atoms with Crippen LogP contribution in [0.4, 0.5) is 5.69 Å². The Morgan fingerprint density at radius 3 is 2.21 bits per heavy atom. The molecule has 0 spiro atoms. The van der Waals surface area contributed by atoms with E-state index in [1.54, 1.807) is 12.1 Å². The number of allylic oxidation sites excluding steroid dienone is 2. The van der Waals surface area contributed by atoms with Gasteiger partial charge in [-0.2, -0.15) is 4.31 Å². The second-order valence-electron chi connectivity index (χ2n) is 8.44. The lowest BCUT2D eigenvalue weighted by Crippen LogP contribution is -2.37. The molecule has 2 aliphatic carbocycles. The van der Waals surface area contributed by atoms with E-state index in [0.29, 0.717) is 31.1 Å². The lowest BCUT2D eigenvalue weighted by molar-refractivity contribution is -0.146. The van der Waals surface area contributed by atoms with Gasteiger partial charge >= 0.3 is 5.97 Å². The number of nitrogens with zero attached hydrogens (tertiary/aromatic N) is 1. The Labute approximate surface area is 170 Å². The van der Waals surface area contributed by atoms with Crippen molar-refractivity contribution in [3.05, 3.63) is 36.4 Å². The summed E-state index contributed by atoms with van der Waals surface area (Å²) in [6.45, 7) is 3.18. The number of benzene rings is 1. The molecule has 8 heteroatoms. The number of fused-ring (bicyclic) bond motifs is 2. The fraction of sp³-hybridized carbons (Fsp3) is 0.524. The lowest BCUT2D eigenvalue weighted by Gasteiger charge is -2.29. The maximum absolute atomic E-state index is 12.8. The summed E-state index contributed by atoms with van der Waals surface area (Å²) >= 11 is 0. The normalized spacial score (nSPS) is 29.8. The quantitative estimate of drug-likeness (QED) is 0.716. The van der Waals surface area contributed by atoms with Gasteiger partial charge in [0, 0.05) is 18.8 Å². The second kappa shape index (κ2) is 7.57. The second-order valence-corrected chi connectivity index (χ2v) is 10.4. The lowest BCUT2D eigenvalue weighted by atomic mass is 9.82. The molecule has 1 amide bonds. The topological polar surface area (TPSA) is 104 Å². The summed E-state index contributed by atoms with van der Waals surface area (Å²) in [4.78, 5) is 24.5. The van der Waals surface area contributed by atoms with Crippen LogP contribution in [-0.2, 0) is 19.6 Å². The van der Waals surface area contributed by atoms with Crippen molar-refractivity contribution in [2.45, 2.75) is 31.1 Å². The third kappa shape index (κ3) is 3.71. The highest BCUT2D eigenvalue weighted by Crippen LogP contribution is 2.48. The van der Waals surface area contributed by atoms with E-state index < -0.39 is 27.8 Å². The van der Waals surface area contributed by atoms with Gasteiger partial charge in [-0.1, -0.05) is 19.1 Å². The highest BCUT2D eigenvalue weighted by atomic mass is 32.2. The molecule has 0 radical (unpaired) electrons. The van der Waals surface area contributed by atoms with Crippen molar-refractivity contribution < 1.29 is 23.1 Å².